The normalized spacial score (nSPS) is 15.1. The average molecular weight is 345 g/mol. The fourth-order valence-corrected chi connectivity index (χ4v) is 3.14. The molecule has 3 rings (SSSR count). The molecule has 1 aliphatic heterocycles. The van der Waals surface area contributed by atoms with Gasteiger partial charge >= 0.3 is 6.18 Å². The van der Waals surface area contributed by atoms with E-state index in [1.54, 1.807) is 7.05 Å². The fourth-order valence-electron chi connectivity index (χ4n) is 3.14. The lowest BCUT2D eigenvalue weighted by Crippen LogP contribution is -2.25. The third-order valence-electron chi connectivity index (χ3n) is 4.22. The summed E-state index contributed by atoms with van der Waals surface area (Å²) in [6, 6.07) is 2.76. The summed E-state index contributed by atoms with van der Waals surface area (Å²) in [5.74, 6) is 0. The lowest BCUT2D eigenvalue weighted by Gasteiger charge is -2.29. The van der Waals surface area contributed by atoms with Gasteiger partial charge in [0.15, 0.2) is 5.69 Å². The molecule has 0 fully saturated rings. The average Bonchev–Trinajstić information content (AvgIpc) is 2.88. The maximum Gasteiger partial charge on any atom is 0.435 e. The van der Waals surface area contributed by atoms with Crippen molar-refractivity contribution in [3.8, 4) is 11.1 Å². The number of aromatic nitrogens is 2. The van der Waals surface area contributed by atoms with Crippen molar-refractivity contribution in [3.05, 3.63) is 35.2 Å². The summed E-state index contributed by atoms with van der Waals surface area (Å²) in [6.07, 6.45) is -4.96. The molecule has 0 atom stereocenters. The first-order chi connectivity index (χ1) is 11.2. The van der Waals surface area contributed by atoms with E-state index >= 15 is 0 Å². The lowest BCUT2D eigenvalue weighted by atomic mass is 9.92. The van der Waals surface area contributed by atoms with Crippen LogP contribution in [-0.4, -0.2) is 23.4 Å². The van der Waals surface area contributed by atoms with Crippen molar-refractivity contribution >= 4 is 5.69 Å². The number of hydrogen-bond acceptors (Lipinski definition) is 2. The molecule has 1 aromatic heterocycles. The first-order valence-corrected chi connectivity index (χ1v) is 7.46. The summed E-state index contributed by atoms with van der Waals surface area (Å²) in [6.45, 7) is 0.732. The van der Waals surface area contributed by atoms with Crippen LogP contribution in [0.2, 0.25) is 0 Å². The van der Waals surface area contributed by atoms with E-state index in [-0.39, 0.29) is 11.1 Å². The van der Waals surface area contributed by atoms with Crippen LogP contribution in [0.15, 0.2) is 18.3 Å². The van der Waals surface area contributed by atoms with Crippen LogP contribution in [0.4, 0.5) is 27.6 Å². The van der Waals surface area contributed by atoms with Gasteiger partial charge in [0.2, 0.25) is 0 Å². The van der Waals surface area contributed by atoms with Crippen molar-refractivity contribution in [2.45, 2.75) is 25.4 Å². The molecular weight excluding hydrogens is 329 g/mol. The molecule has 0 bridgehead atoms. The summed E-state index contributed by atoms with van der Waals surface area (Å²) >= 11 is 0. The zero-order valence-electron chi connectivity index (χ0n) is 13.2. The molecule has 3 nitrogen and oxygen atoms in total. The Bertz CT molecular complexity index is 764. The van der Waals surface area contributed by atoms with E-state index in [9.17, 15) is 22.0 Å². The highest BCUT2D eigenvalue weighted by Gasteiger charge is 2.38. The Labute approximate surface area is 135 Å². The van der Waals surface area contributed by atoms with Crippen LogP contribution in [0.25, 0.3) is 11.1 Å². The maximum absolute atomic E-state index is 13.5. The number of fused-ring (bicyclic) bond motifs is 1. The zero-order chi connectivity index (χ0) is 17.6. The van der Waals surface area contributed by atoms with Crippen molar-refractivity contribution in [1.82, 2.24) is 9.78 Å². The fraction of sp³-hybridized carbons (Fsp3) is 0.438. The van der Waals surface area contributed by atoms with Gasteiger partial charge in [-0.15, -0.1) is 0 Å². The van der Waals surface area contributed by atoms with Crippen molar-refractivity contribution in [2.75, 3.05) is 18.5 Å². The van der Waals surface area contributed by atoms with Gasteiger partial charge in [0.25, 0.3) is 6.43 Å². The number of hydrogen-bond donors (Lipinski definition) is 0. The minimum absolute atomic E-state index is 0.0977. The predicted molar refractivity (Wildman–Crippen MR) is 80.2 cm³/mol. The molecule has 130 valence electrons. The number of halogens is 5. The largest absolute Gasteiger partial charge is 0.435 e. The second-order valence-electron chi connectivity index (χ2n) is 5.96. The third-order valence-corrected chi connectivity index (χ3v) is 4.22. The van der Waals surface area contributed by atoms with Gasteiger partial charge < -0.3 is 4.90 Å². The molecule has 1 aliphatic rings. The van der Waals surface area contributed by atoms with E-state index < -0.39 is 23.9 Å². The standard InChI is InChI=1S/C16H16F5N3/c1-23-5-3-4-9-6-10(11(15(17)18)7-13(9)23)12-8-24(2)22-14(12)16(19,20)21/h6-8,15H,3-5H2,1-2H3. The van der Waals surface area contributed by atoms with Crippen molar-refractivity contribution in [3.63, 3.8) is 0 Å². The van der Waals surface area contributed by atoms with E-state index in [0.717, 1.165) is 29.4 Å². The number of alkyl halides is 5. The first kappa shape index (κ1) is 16.7. The van der Waals surface area contributed by atoms with Crippen molar-refractivity contribution in [2.24, 2.45) is 7.05 Å². The molecule has 0 N–H and O–H groups in total. The van der Waals surface area contributed by atoms with E-state index in [1.165, 1.54) is 19.2 Å². The molecule has 0 saturated carbocycles. The maximum atomic E-state index is 13.5. The van der Waals surface area contributed by atoms with Crippen LogP contribution >= 0.6 is 0 Å². The molecule has 0 radical (unpaired) electrons. The molecule has 1 aromatic carbocycles. The summed E-state index contributed by atoms with van der Waals surface area (Å²) in [7, 11) is 3.13. The van der Waals surface area contributed by atoms with E-state index in [0.29, 0.717) is 12.1 Å². The van der Waals surface area contributed by atoms with Crippen molar-refractivity contribution in [1.29, 1.82) is 0 Å². The van der Waals surface area contributed by atoms with Crippen LogP contribution in [0.3, 0.4) is 0 Å². The zero-order valence-corrected chi connectivity index (χ0v) is 13.2. The quantitative estimate of drug-likeness (QED) is 0.751. The minimum atomic E-state index is -4.71. The first-order valence-electron chi connectivity index (χ1n) is 7.46. The van der Waals surface area contributed by atoms with Gasteiger partial charge in [-0.2, -0.15) is 18.3 Å². The van der Waals surface area contributed by atoms with Gasteiger partial charge in [-0.25, -0.2) is 8.78 Å². The Kier molecular flexibility index (Phi) is 4.01. The highest BCUT2D eigenvalue weighted by molar-refractivity contribution is 5.75. The van der Waals surface area contributed by atoms with Crippen LogP contribution in [-0.2, 0) is 19.6 Å². The number of benzene rings is 1. The molecule has 8 heteroatoms. The molecule has 0 aliphatic carbocycles. The summed E-state index contributed by atoms with van der Waals surface area (Å²) in [5, 5.41) is 3.42. The molecule has 0 spiro atoms. The molecule has 0 saturated heterocycles. The predicted octanol–water partition coefficient (Wildman–Crippen LogP) is 4.43. The number of aryl methyl sites for hydroxylation is 2. The van der Waals surface area contributed by atoms with Gasteiger partial charge in [0, 0.05) is 43.7 Å². The highest BCUT2D eigenvalue weighted by atomic mass is 19.4. The number of anilines is 1. The Hall–Kier alpha value is -2.12. The Morgan fingerprint density at radius 1 is 1.12 bits per heavy atom. The van der Waals surface area contributed by atoms with Crippen LogP contribution in [0.5, 0.6) is 0 Å². The third kappa shape index (κ3) is 2.85. The highest BCUT2D eigenvalue weighted by Crippen LogP contribution is 2.42. The van der Waals surface area contributed by atoms with Gasteiger partial charge in [0.1, 0.15) is 0 Å². The smallest absolute Gasteiger partial charge is 0.374 e. The molecule has 0 unspecified atom stereocenters. The van der Waals surface area contributed by atoms with E-state index in [2.05, 4.69) is 5.10 Å². The topological polar surface area (TPSA) is 21.1 Å². The van der Waals surface area contributed by atoms with Crippen molar-refractivity contribution < 1.29 is 22.0 Å². The molecule has 24 heavy (non-hydrogen) atoms. The van der Waals surface area contributed by atoms with Gasteiger partial charge in [-0.05, 0) is 36.1 Å². The summed E-state index contributed by atoms with van der Waals surface area (Å²) < 4.78 is 67.7. The van der Waals surface area contributed by atoms with Crippen LogP contribution < -0.4 is 4.90 Å². The Balaban J connectivity index is 2.25. The van der Waals surface area contributed by atoms with E-state index in [4.69, 9.17) is 0 Å². The molecule has 0 amide bonds. The van der Waals surface area contributed by atoms with Crippen LogP contribution in [0.1, 0.15) is 29.7 Å². The van der Waals surface area contributed by atoms with E-state index in [1.807, 2.05) is 4.90 Å². The van der Waals surface area contributed by atoms with Gasteiger partial charge in [-0.1, -0.05) is 0 Å². The Morgan fingerprint density at radius 3 is 2.46 bits per heavy atom. The monoisotopic (exact) mass is 345 g/mol. The SMILES string of the molecule is CN1CCCc2cc(-c3cn(C)nc3C(F)(F)F)c(C(F)F)cc21. The summed E-state index contributed by atoms with van der Waals surface area (Å²) in [4.78, 5) is 1.85. The summed E-state index contributed by atoms with van der Waals surface area (Å²) in [5.41, 5.74) is -0.523. The number of rotatable bonds is 2. The molecule has 2 heterocycles. The Morgan fingerprint density at radius 2 is 1.83 bits per heavy atom. The molecule has 2 aromatic rings. The second kappa shape index (κ2) is 5.75. The second-order valence-corrected chi connectivity index (χ2v) is 5.96. The number of nitrogens with zero attached hydrogens (tertiary/aromatic N) is 3. The van der Waals surface area contributed by atoms with Crippen LogP contribution in [0, 0.1) is 0 Å². The minimum Gasteiger partial charge on any atom is -0.374 e. The van der Waals surface area contributed by atoms with Gasteiger partial charge in [-0.3, -0.25) is 4.68 Å². The molecular formula is C16H16F5N3. The van der Waals surface area contributed by atoms with Gasteiger partial charge in [0.05, 0.1) is 0 Å². The lowest BCUT2D eigenvalue weighted by molar-refractivity contribution is -0.141.